The Labute approximate surface area is 171 Å². The minimum Gasteiger partial charge on any atom is -0.193 e. The molecule has 0 aliphatic heterocycles. The highest BCUT2D eigenvalue weighted by molar-refractivity contribution is 8.07. The Morgan fingerprint density at radius 2 is 1.07 bits per heavy atom. The zero-order chi connectivity index (χ0) is 20.6. The Morgan fingerprint density at radius 1 is 0.714 bits per heavy atom. The van der Waals surface area contributed by atoms with E-state index in [4.69, 9.17) is 10.5 Å². The molecule has 0 fully saturated rings. The van der Waals surface area contributed by atoms with Crippen molar-refractivity contribution in [3.05, 3.63) is 59.7 Å². The molecule has 144 valence electrons. The van der Waals surface area contributed by atoms with Gasteiger partial charge in [0.15, 0.2) is 10.8 Å². The fraction of sp³-hybridized carbons (Fsp3) is 0. The summed E-state index contributed by atoms with van der Waals surface area (Å²) in [6.45, 7) is 0. The Morgan fingerprint density at radius 3 is 1.43 bits per heavy atom. The maximum absolute atomic E-state index is 12.2. The molecule has 0 atom stereocenters. The highest BCUT2D eigenvalue weighted by Crippen LogP contribution is 2.26. The quantitative estimate of drug-likeness (QED) is 0.331. The lowest BCUT2D eigenvalue weighted by atomic mass is 10.1. The van der Waals surface area contributed by atoms with E-state index < -0.39 is 20.2 Å². The normalized spacial score (nSPS) is 11.8. The Balaban J connectivity index is 2.45. The lowest BCUT2D eigenvalue weighted by Crippen LogP contribution is -2.04. The van der Waals surface area contributed by atoms with Gasteiger partial charge in [-0.1, -0.05) is 48.6 Å². The predicted octanol–water partition coefficient (Wildman–Crippen LogP) is 3.53. The Kier molecular flexibility index (Phi) is 7.65. The van der Waals surface area contributed by atoms with E-state index in [1.165, 1.54) is 59.4 Å². The summed E-state index contributed by atoms with van der Waals surface area (Å²) in [5.74, 6) is 0. The average Bonchev–Trinajstić information content (AvgIpc) is 2.69. The molecule has 28 heavy (non-hydrogen) atoms. The first kappa shape index (κ1) is 22.0. The van der Waals surface area contributed by atoms with Gasteiger partial charge in [-0.2, -0.15) is 34.6 Å². The van der Waals surface area contributed by atoms with E-state index in [0.29, 0.717) is 0 Å². The van der Waals surface area contributed by atoms with Crippen molar-refractivity contribution < 1.29 is 24.1 Å². The third-order valence-electron chi connectivity index (χ3n) is 3.14. The molecule has 0 aliphatic rings. The topological polar surface area (TPSA) is 134 Å². The summed E-state index contributed by atoms with van der Waals surface area (Å²) in [6, 6.07) is 11.7. The molecular formula is C16H10N2O6S4. The predicted molar refractivity (Wildman–Crippen MR) is 105 cm³/mol. The first-order chi connectivity index (χ1) is 13.3. The summed E-state index contributed by atoms with van der Waals surface area (Å²) >= 11 is 0.231. The van der Waals surface area contributed by atoms with Crippen LogP contribution in [0.15, 0.2) is 58.3 Å². The van der Waals surface area contributed by atoms with Crippen LogP contribution < -0.4 is 0 Å². The third-order valence-corrected chi connectivity index (χ3v) is 7.09. The van der Waals surface area contributed by atoms with Crippen molar-refractivity contribution in [3.8, 4) is 10.8 Å². The van der Waals surface area contributed by atoms with Gasteiger partial charge in [-0.3, -0.25) is 0 Å². The van der Waals surface area contributed by atoms with Crippen LogP contribution in [0.4, 0.5) is 0 Å². The zero-order valence-electron chi connectivity index (χ0n) is 13.8. The van der Waals surface area contributed by atoms with Crippen LogP contribution >= 0.6 is 24.1 Å². The van der Waals surface area contributed by atoms with Crippen LogP contribution in [0.1, 0.15) is 11.1 Å². The Hall–Kier alpha value is -2.32. The zero-order valence-corrected chi connectivity index (χ0v) is 17.0. The maximum Gasteiger partial charge on any atom is 0.309 e. The number of hydrogen-bond acceptors (Lipinski definition) is 10. The molecule has 2 rings (SSSR count). The number of nitrogens with zero attached hydrogens (tertiary/aromatic N) is 2. The molecule has 0 unspecified atom stereocenters. The molecule has 2 aromatic rings. The fourth-order valence-electron chi connectivity index (χ4n) is 2.06. The largest absolute Gasteiger partial charge is 0.309 e. The van der Waals surface area contributed by atoms with Crippen LogP contribution in [-0.2, 0) is 27.5 Å². The standard InChI is InChI=1S/C16H10N2O6S4/c17-11-25-23-27(19,20)15-7-3-1-5-13(15)9-10-14-6-2-4-8-16(14)28(21,22)24-26-12-18/h1-10H. The van der Waals surface area contributed by atoms with E-state index in [9.17, 15) is 16.8 Å². The van der Waals surface area contributed by atoms with Crippen molar-refractivity contribution in [1.82, 2.24) is 0 Å². The maximum atomic E-state index is 12.2. The van der Waals surface area contributed by atoms with Gasteiger partial charge in [0, 0.05) is 0 Å². The summed E-state index contributed by atoms with van der Waals surface area (Å²) < 4.78 is 57.8. The van der Waals surface area contributed by atoms with E-state index in [0.717, 1.165) is 0 Å². The number of rotatable bonds is 8. The van der Waals surface area contributed by atoms with Gasteiger partial charge < -0.3 is 0 Å². The SMILES string of the molecule is N#CSOS(=O)(=O)c1ccccc1C=Cc1ccccc1S(=O)(=O)OSC#N. The second-order valence-electron chi connectivity index (χ2n) is 4.80. The van der Waals surface area contributed by atoms with Crippen LogP contribution in [0.5, 0.6) is 0 Å². The molecule has 0 spiro atoms. The fourth-order valence-corrected chi connectivity index (χ4v) is 4.95. The molecule has 0 N–H and O–H groups in total. The smallest absolute Gasteiger partial charge is 0.193 e. The van der Waals surface area contributed by atoms with Crippen LogP contribution in [-0.4, -0.2) is 16.8 Å². The monoisotopic (exact) mass is 454 g/mol. The molecule has 0 saturated carbocycles. The van der Waals surface area contributed by atoms with Crippen molar-refractivity contribution >= 4 is 56.5 Å². The van der Waals surface area contributed by atoms with Gasteiger partial charge in [-0.05, 0) is 23.3 Å². The highest BCUT2D eigenvalue weighted by atomic mass is 32.3. The third kappa shape index (κ3) is 5.59. The van der Waals surface area contributed by atoms with E-state index in [-0.39, 0.29) is 45.0 Å². The highest BCUT2D eigenvalue weighted by Gasteiger charge is 2.21. The van der Waals surface area contributed by atoms with E-state index in [1.54, 1.807) is 12.1 Å². The van der Waals surface area contributed by atoms with Crippen LogP contribution in [0.3, 0.4) is 0 Å². The summed E-state index contributed by atoms with van der Waals surface area (Å²) in [5.41, 5.74) is 0.445. The molecule has 2 aromatic carbocycles. The lowest BCUT2D eigenvalue weighted by Gasteiger charge is -2.07. The molecule has 0 heterocycles. The van der Waals surface area contributed by atoms with Crippen molar-refractivity contribution in [2.45, 2.75) is 9.79 Å². The van der Waals surface area contributed by atoms with E-state index in [1.807, 2.05) is 0 Å². The van der Waals surface area contributed by atoms with Crippen molar-refractivity contribution in [2.75, 3.05) is 0 Å². The molecule has 0 amide bonds. The van der Waals surface area contributed by atoms with Crippen LogP contribution in [0.25, 0.3) is 12.2 Å². The number of hydrogen-bond donors (Lipinski definition) is 0. The Bertz CT molecular complexity index is 1080. The number of benzene rings is 2. The lowest BCUT2D eigenvalue weighted by molar-refractivity contribution is 0.517. The molecule has 8 nitrogen and oxygen atoms in total. The molecule has 12 heteroatoms. The van der Waals surface area contributed by atoms with Crippen LogP contribution in [0.2, 0.25) is 0 Å². The summed E-state index contributed by atoms with van der Waals surface area (Å²) in [6.07, 6.45) is 2.78. The second-order valence-corrected chi connectivity index (χ2v) is 9.29. The minimum atomic E-state index is -4.20. The van der Waals surface area contributed by atoms with E-state index in [2.05, 4.69) is 7.26 Å². The molecular weight excluding hydrogens is 444 g/mol. The molecule has 0 saturated heterocycles. The summed E-state index contributed by atoms with van der Waals surface area (Å²) in [4.78, 5) is -0.378. The van der Waals surface area contributed by atoms with Gasteiger partial charge in [-0.25, -0.2) is 0 Å². The molecule has 0 bridgehead atoms. The number of thiocyanates is 2. The van der Waals surface area contributed by atoms with Gasteiger partial charge in [0.2, 0.25) is 0 Å². The van der Waals surface area contributed by atoms with Gasteiger partial charge >= 0.3 is 20.2 Å². The summed E-state index contributed by atoms with van der Waals surface area (Å²) in [5, 5.41) is 20.0. The van der Waals surface area contributed by atoms with Crippen molar-refractivity contribution in [2.24, 2.45) is 0 Å². The number of nitriles is 2. The van der Waals surface area contributed by atoms with Gasteiger partial charge in [0.05, 0.1) is 0 Å². The van der Waals surface area contributed by atoms with Crippen molar-refractivity contribution in [1.29, 1.82) is 10.5 Å². The molecule has 0 aliphatic carbocycles. The van der Waals surface area contributed by atoms with Gasteiger partial charge in [-0.15, -0.1) is 0 Å². The molecule has 0 aromatic heterocycles. The average molecular weight is 455 g/mol. The minimum absolute atomic E-state index is 0.115. The first-order valence-electron chi connectivity index (χ1n) is 7.16. The van der Waals surface area contributed by atoms with Gasteiger partial charge in [0.1, 0.15) is 33.9 Å². The van der Waals surface area contributed by atoms with Gasteiger partial charge in [0.25, 0.3) is 0 Å². The van der Waals surface area contributed by atoms with E-state index >= 15 is 0 Å². The molecule has 0 radical (unpaired) electrons. The van der Waals surface area contributed by atoms with Crippen LogP contribution in [0, 0.1) is 21.3 Å². The summed E-state index contributed by atoms with van der Waals surface area (Å²) in [7, 11) is -8.40. The first-order valence-corrected chi connectivity index (χ1v) is 11.5. The second kappa shape index (κ2) is 9.75. The van der Waals surface area contributed by atoms with Crippen molar-refractivity contribution in [3.63, 3.8) is 0 Å².